The molecule has 4 rings (SSSR count). The molecule has 2 heterocycles. The topological polar surface area (TPSA) is 103 Å². The molecule has 1 N–H and O–H groups in total. The van der Waals surface area contributed by atoms with Gasteiger partial charge in [-0.3, -0.25) is 4.79 Å². The van der Waals surface area contributed by atoms with Crippen LogP contribution in [0.3, 0.4) is 0 Å². The Labute approximate surface area is 159 Å². The molecule has 28 heavy (non-hydrogen) atoms. The summed E-state index contributed by atoms with van der Waals surface area (Å²) in [5.74, 6) is -1.67. The van der Waals surface area contributed by atoms with Gasteiger partial charge in [0.2, 0.25) is 5.78 Å². The molecule has 2 aromatic carbocycles. The first-order chi connectivity index (χ1) is 13.6. The normalized spacial score (nSPS) is 10.8. The highest BCUT2D eigenvalue weighted by atomic mass is 16.4. The second-order valence-corrected chi connectivity index (χ2v) is 6.07. The number of carboxylic acids is 1. The Morgan fingerprint density at radius 1 is 0.893 bits per heavy atom. The zero-order valence-electron chi connectivity index (χ0n) is 14.9. The maximum Gasteiger partial charge on any atom is 0.356 e. The minimum atomic E-state index is -1.21. The van der Waals surface area contributed by atoms with Crippen LogP contribution in [0.1, 0.15) is 32.4 Å². The number of hydrogen-bond donors (Lipinski definition) is 1. The molecule has 0 aliphatic heterocycles. The summed E-state index contributed by atoms with van der Waals surface area (Å²) in [7, 11) is 0. The van der Waals surface area contributed by atoms with E-state index in [2.05, 4.69) is 15.4 Å². The standard InChI is InChI=1S/C20H15N5O3/c1-13-18(21-23-24(13)14-8-4-2-5-9-14)19(26)17-12-16(20(27)28)22-25(17)15-10-6-3-7-11-15/h2-12H,1H3,(H,27,28). The number of aromatic carboxylic acids is 1. The summed E-state index contributed by atoms with van der Waals surface area (Å²) in [5.41, 5.74) is 1.92. The number of benzene rings is 2. The van der Waals surface area contributed by atoms with E-state index < -0.39 is 11.8 Å². The molecule has 2 aromatic heterocycles. The first kappa shape index (κ1) is 17.3. The highest BCUT2D eigenvalue weighted by molar-refractivity contribution is 6.08. The van der Waals surface area contributed by atoms with Gasteiger partial charge in [0.15, 0.2) is 11.4 Å². The van der Waals surface area contributed by atoms with Gasteiger partial charge < -0.3 is 5.11 Å². The summed E-state index contributed by atoms with van der Waals surface area (Å²) in [6.07, 6.45) is 0. The van der Waals surface area contributed by atoms with Crippen LogP contribution in [0, 0.1) is 6.92 Å². The molecule has 0 unspecified atom stereocenters. The van der Waals surface area contributed by atoms with E-state index in [4.69, 9.17) is 0 Å². The Morgan fingerprint density at radius 3 is 2.04 bits per heavy atom. The number of ketones is 1. The van der Waals surface area contributed by atoms with E-state index in [-0.39, 0.29) is 17.1 Å². The number of carbonyl (C=O) groups excluding carboxylic acids is 1. The van der Waals surface area contributed by atoms with Gasteiger partial charge in [0.1, 0.15) is 5.69 Å². The molecule has 0 aliphatic rings. The largest absolute Gasteiger partial charge is 0.476 e. The number of hydrogen-bond acceptors (Lipinski definition) is 5. The Balaban J connectivity index is 1.81. The fourth-order valence-electron chi connectivity index (χ4n) is 2.89. The molecule has 0 spiro atoms. The fourth-order valence-corrected chi connectivity index (χ4v) is 2.89. The van der Waals surface area contributed by atoms with Crippen LogP contribution in [0.25, 0.3) is 11.4 Å². The quantitative estimate of drug-likeness (QED) is 0.540. The minimum absolute atomic E-state index is 0.104. The number of nitrogens with zero attached hydrogens (tertiary/aromatic N) is 5. The minimum Gasteiger partial charge on any atom is -0.476 e. The van der Waals surface area contributed by atoms with Crippen LogP contribution >= 0.6 is 0 Å². The van der Waals surface area contributed by atoms with Crippen LogP contribution in [0.2, 0.25) is 0 Å². The third-order valence-corrected chi connectivity index (χ3v) is 4.27. The van der Waals surface area contributed by atoms with Crippen molar-refractivity contribution in [3.05, 3.63) is 89.5 Å². The van der Waals surface area contributed by atoms with Crippen LogP contribution in [0.5, 0.6) is 0 Å². The fraction of sp³-hybridized carbons (Fsp3) is 0.0500. The van der Waals surface area contributed by atoms with E-state index in [1.165, 1.54) is 10.7 Å². The van der Waals surface area contributed by atoms with Gasteiger partial charge >= 0.3 is 5.97 Å². The van der Waals surface area contributed by atoms with E-state index in [0.717, 1.165) is 5.69 Å². The molecule has 0 amide bonds. The van der Waals surface area contributed by atoms with Gasteiger partial charge in [-0.15, -0.1) is 5.10 Å². The zero-order chi connectivity index (χ0) is 19.7. The van der Waals surface area contributed by atoms with E-state index in [0.29, 0.717) is 11.4 Å². The molecule has 0 bridgehead atoms. The molecule has 8 nitrogen and oxygen atoms in total. The van der Waals surface area contributed by atoms with E-state index in [1.807, 2.05) is 36.4 Å². The molecule has 0 saturated carbocycles. The third-order valence-electron chi connectivity index (χ3n) is 4.27. The Morgan fingerprint density at radius 2 is 1.46 bits per heavy atom. The molecule has 0 radical (unpaired) electrons. The van der Waals surface area contributed by atoms with Crippen molar-refractivity contribution in [2.24, 2.45) is 0 Å². The molecule has 0 atom stereocenters. The number of rotatable bonds is 5. The molecule has 138 valence electrons. The zero-order valence-corrected chi connectivity index (χ0v) is 14.9. The average molecular weight is 373 g/mol. The predicted molar refractivity (Wildman–Crippen MR) is 100 cm³/mol. The van der Waals surface area contributed by atoms with Crippen molar-refractivity contribution in [3.8, 4) is 11.4 Å². The summed E-state index contributed by atoms with van der Waals surface area (Å²) in [4.78, 5) is 24.6. The monoisotopic (exact) mass is 373 g/mol. The van der Waals surface area contributed by atoms with E-state index in [9.17, 15) is 14.7 Å². The molecule has 0 fully saturated rings. The van der Waals surface area contributed by atoms with Crippen molar-refractivity contribution in [2.45, 2.75) is 6.92 Å². The molecule has 0 saturated heterocycles. The molecule has 8 heteroatoms. The summed E-state index contributed by atoms with van der Waals surface area (Å²) in [6, 6.07) is 19.4. The average Bonchev–Trinajstić information content (AvgIpc) is 3.33. The van der Waals surface area contributed by atoms with Gasteiger partial charge in [0, 0.05) is 6.07 Å². The summed E-state index contributed by atoms with van der Waals surface area (Å²) < 4.78 is 2.88. The van der Waals surface area contributed by atoms with Crippen molar-refractivity contribution in [3.63, 3.8) is 0 Å². The van der Waals surface area contributed by atoms with Crippen LogP contribution in [0.4, 0.5) is 0 Å². The predicted octanol–water partition coefficient (Wildman–Crippen LogP) is 2.69. The lowest BCUT2D eigenvalue weighted by Crippen LogP contribution is -2.12. The van der Waals surface area contributed by atoms with Crippen LogP contribution in [0.15, 0.2) is 66.7 Å². The number of aromatic nitrogens is 5. The Hall–Kier alpha value is -4.07. The number of carbonyl (C=O) groups is 2. The van der Waals surface area contributed by atoms with Crippen molar-refractivity contribution < 1.29 is 14.7 Å². The van der Waals surface area contributed by atoms with Crippen molar-refractivity contribution in [1.82, 2.24) is 24.8 Å². The lowest BCUT2D eigenvalue weighted by atomic mass is 10.1. The van der Waals surface area contributed by atoms with E-state index >= 15 is 0 Å². The molecule has 0 aliphatic carbocycles. The molecular weight excluding hydrogens is 358 g/mol. The van der Waals surface area contributed by atoms with Gasteiger partial charge in [-0.1, -0.05) is 41.6 Å². The first-order valence-electron chi connectivity index (χ1n) is 8.47. The number of carboxylic acid groups (broad SMARTS) is 1. The second kappa shape index (κ2) is 6.92. The Bertz CT molecular complexity index is 1160. The van der Waals surface area contributed by atoms with Gasteiger partial charge in [0.05, 0.1) is 17.1 Å². The summed E-state index contributed by atoms with van der Waals surface area (Å²) in [5, 5.41) is 21.5. The summed E-state index contributed by atoms with van der Waals surface area (Å²) >= 11 is 0. The SMILES string of the molecule is Cc1c(C(=O)c2cc(C(=O)O)nn2-c2ccccc2)nnn1-c1ccccc1. The van der Waals surface area contributed by atoms with Crippen LogP contribution in [-0.4, -0.2) is 41.6 Å². The van der Waals surface area contributed by atoms with Gasteiger partial charge in [-0.05, 0) is 31.2 Å². The van der Waals surface area contributed by atoms with Gasteiger partial charge in [-0.2, -0.15) is 5.10 Å². The smallest absolute Gasteiger partial charge is 0.356 e. The Kier molecular flexibility index (Phi) is 4.29. The van der Waals surface area contributed by atoms with Crippen molar-refractivity contribution >= 4 is 11.8 Å². The maximum atomic E-state index is 13.2. The van der Waals surface area contributed by atoms with Crippen LogP contribution < -0.4 is 0 Å². The second-order valence-electron chi connectivity index (χ2n) is 6.07. The lowest BCUT2D eigenvalue weighted by Gasteiger charge is -2.06. The first-order valence-corrected chi connectivity index (χ1v) is 8.47. The highest BCUT2D eigenvalue weighted by Gasteiger charge is 2.25. The van der Waals surface area contributed by atoms with Gasteiger partial charge in [-0.25, -0.2) is 14.2 Å². The maximum absolute atomic E-state index is 13.2. The highest BCUT2D eigenvalue weighted by Crippen LogP contribution is 2.19. The number of para-hydroxylation sites is 2. The van der Waals surface area contributed by atoms with E-state index in [1.54, 1.807) is 35.9 Å². The lowest BCUT2D eigenvalue weighted by molar-refractivity contribution is 0.0690. The summed E-state index contributed by atoms with van der Waals surface area (Å²) in [6.45, 7) is 1.74. The molecule has 4 aromatic rings. The van der Waals surface area contributed by atoms with Crippen molar-refractivity contribution in [2.75, 3.05) is 0 Å². The molecular formula is C20H15N5O3. The third kappa shape index (κ3) is 2.96. The van der Waals surface area contributed by atoms with Gasteiger partial charge in [0.25, 0.3) is 0 Å². The van der Waals surface area contributed by atoms with Crippen LogP contribution in [-0.2, 0) is 0 Å². The van der Waals surface area contributed by atoms with Crippen molar-refractivity contribution in [1.29, 1.82) is 0 Å².